The number of aromatic hydroxyl groups is 2. The molecule has 8 aromatic rings. The van der Waals surface area contributed by atoms with Crippen molar-refractivity contribution < 1.29 is 144 Å². The Hall–Kier alpha value is -7.96. The monoisotopic (exact) mass is 1730 g/mol. The molecule has 5 aromatic carbocycles. The summed E-state index contributed by atoms with van der Waals surface area (Å²) < 4.78 is 199. The summed E-state index contributed by atoms with van der Waals surface area (Å²) in [6.07, 6.45) is -20.5. The standard InChI is InChI=1S/C22H12Br2F6N2O2.2C13H8BrF3N2O2.C8H4BrF3O2.C4H8O2.Li.2H2O/c23-12-2-4-16(21(25,26)27)14(8-12)18(33)7-11-1-6-19(31-10-11)32-20(34)15-9-13(24)3-5-17(15)22(28,29)30;2*14-7-1-3-10(13(15,16)17)9(5-7)12(21)19-11-4-2-8(20)6-18-11;9-4-1-2-6(8(10,11)12)5(3-4)7(13)14;1-3-6-4(2)5;;;/h1-6,8-10H,7H2,(H,31,32,34);2*1-6,20H,(H,18,19,21);1-3H,(H,13,14);3H2,1-2H3;;2*1H2/q;;;;;+1;;/p-1. The maximum Gasteiger partial charge on any atom is 1.00 e. The van der Waals surface area contributed by atoms with E-state index in [-0.39, 0.29) is 74.8 Å². The number of aromatic carboxylic acids is 1. The second-order valence-electron chi connectivity index (χ2n) is 18.5. The molecule has 0 saturated heterocycles. The Bertz CT molecular complexity index is 3890. The fourth-order valence-corrected chi connectivity index (χ4v) is 9.15. The Balaban J connectivity index is 0.000000662. The number of rotatable bonds is 11. The van der Waals surface area contributed by atoms with E-state index in [9.17, 15) is 94.6 Å². The van der Waals surface area contributed by atoms with E-state index in [4.69, 9.17) is 15.3 Å². The molecule has 0 aliphatic rings. The van der Waals surface area contributed by atoms with Gasteiger partial charge in [-0.2, -0.15) is 65.9 Å². The number of hydrogen-bond acceptors (Lipinski definition) is 13. The SMILES string of the molecule is CCOC(C)=O.O.O=C(Cc1ccc(NC(=O)c2cc(Br)ccc2C(F)(F)F)nc1)c1cc(Br)ccc1C(F)(F)F.O=C(Nc1ccc(O)cn1)c1cc(Br)ccc1C(F)(F)F.O=C(Nc1ccc(O)cn1)c1cc(Br)ccc1C(F)(F)F.O=C(O)c1cc(Br)ccc1C(F)(F)F.[Li+].[OH-]. The molecular formula is C60H43Br5F15LiN6O12. The van der Waals surface area contributed by atoms with Crippen LogP contribution in [0.5, 0.6) is 11.5 Å². The van der Waals surface area contributed by atoms with Gasteiger partial charge < -0.3 is 47.0 Å². The van der Waals surface area contributed by atoms with Gasteiger partial charge in [-0.3, -0.25) is 24.0 Å². The van der Waals surface area contributed by atoms with Crippen molar-refractivity contribution in [1.82, 2.24) is 15.0 Å². The molecule has 0 unspecified atom stereocenters. The third kappa shape index (κ3) is 28.7. The number of halogens is 20. The van der Waals surface area contributed by atoms with Crippen LogP contribution in [0.4, 0.5) is 83.3 Å². The fraction of sp³-hybridized carbons (Fsp3) is 0.150. The molecule has 18 nitrogen and oxygen atoms in total. The smallest absolute Gasteiger partial charge is 0.870 e. The maximum absolute atomic E-state index is 13.2. The molecule has 0 aliphatic heterocycles. The van der Waals surface area contributed by atoms with Crippen molar-refractivity contribution in [1.29, 1.82) is 0 Å². The number of carbonyl (C=O) groups is 6. The third-order valence-corrected chi connectivity index (χ3v) is 13.9. The number of Topliss-reactive ketones (excluding diaryl/α,β-unsaturated/α-hetero) is 1. The van der Waals surface area contributed by atoms with Crippen molar-refractivity contribution in [3.05, 3.63) is 230 Å². The van der Waals surface area contributed by atoms with E-state index in [1.54, 1.807) is 6.92 Å². The van der Waals surface area contributed by atoms with Gasteiger partial charge in [0.25, 0.3) is 17.7 Å². The van der Waals surface area contributed by atoms with Crippen molar-refractivity contribution in [2.24, 2.45) is 0 Å². The number of carbonyl (C=O) groups excluding carboxylic acids is 5. The van der Waals surface area contributed by atoms with Crippen LogP contribution in [0.25, 0.3) is 0 Å². The average Bonchev–Trinajstić information content (AvgIpc) is 0.835. The van der Waals surface area contributed by atoms with Crippen LogP contribution < -0.4 is 34.8 Å². The van der Waals surface area contributed by atoms with E-state index in [0.29, 0.717) is 24.5 Å². The molecule has 3 amide bonds. The van der Waals surface area contributed by atoms with E-state index in [1.807, 2.05) is 0 Å². The average molecular weight is 1730 g/mol. The molecule has 0 aliphatic carbocycles. The topological polar surface area (TPSA) is 309 Å². The summed E-state index contributed by atoms with van der Waals surface area (Å²) in [6, 6.07) is 22.6. The van der Waals surface area contributed by atoms with Gasteiger partial charge in [-0.05, 0) is 134 Å². The molecule has 3 heterocycles. The van der Waals surface area contributed by atoms with E-state index in [2.05, 4.69) is 115 Å². The minimum absolute atomic E-state index is 0. The van der Waals surface area contributed by atoms with Crippen molar-refractivity contribution in [3.63, 3.8) is 0 Å². The van der Waals surface area contributed by atoms with E-state index >= 15 is 0 Å². The second-order valence-corrected chi connectivity index (χ2v) is 23.1. The summed E-state index contributed by atoms with van der Waals surface area (Å²) in [5.74, 6) is -5.84. The summed E-state index contributed by atoms with van der Waals surface area (Å²) in [4.78, 5) is 80.5. The van der Waals surface area contributed by atoms with E-state index < -0.39 is 122 Å². The number of carboxylic acid groups (broad SMARTS) is 1. The Morgan fingerprint density at radius 2 is 0.687 bits per heavy atom. The first-order valence-electron chi connectivity index (χ1n) is 25.8. The molecule has 0 radical (unpaired) electrons. The van der Waals surface area contributed by atoms with Gasteiger partial charge in [0.05, 0.1) is 69.1 Å². The number of ether oxygens (including phenoxy) is 1. The van der Waals surface area contributed by atoms with E-state index in [1.165, 1.54) is 61.5 Å². The minimum atomic E-state index is -4.76. The minimum Gasteiger partial charge on any atom is -0.870 e. The van der Waals surface area contributed by atoms with Gasteiger partial charge in [0, 0.05) is 47.5 Å². The zero-order valence-electron chi connectivity index (χ0n) is 49.8. The Morgan fingerprint density at radius 1 is 0.424 bits per heavy atom. The zero-order chi connectivity index (χ0) is 72.4. The molecule has 0 atom stereocenters. The number of ketones is 1. The number of esters is 1. The van der Waals surface area contributed by atoms with Crippen molar-refractivity contribution in [2.75, 3.05) is 22.6 Å². The van der Waals surface area contributed by atoms with Crippen LogP contribution in [0.2, 0.25) is 0 Å². The molecule has 0 fully saturated rings. The predicted octanol–water partition coefficient (Wildman–Crippen LogP) is 14.7. The van der Waals surface area contributed by atoms with Crippen LogP contribution in [0.3, 0.4) is 0 Å². The van der Waals surface area contributed by atoms with Gasteiger partial charge >= 0.3 is 61.7 Å². The Morgan fingerprint density at radius 3 is 0.919 bits per heavy atom. The van der Waals surface area contributed by atoms with Crippen LogP contribution in [-0.4, -0.2) is 83.3 Å². The largest absolute Gasteiger partial charge is 1.00 e. The first-order valence-corrected chi connectivity index (χ1v) is 29.8. The van der Waals surface area contributed by atoms with Crippen LogP contribution >= 0.6 is 79.6 Å². The molecule has 0 spiro atoms. The first-order chi connectivity index (χ1) is 44.4. The van der Waals surface area contributed by atoms with Gasteiger partial charge in [0.2, 0.25) is 0 Å². The molecule has 39 heteroatoms. The summed E-state index contributed by atoms with van der Waals surface area (Å²) in [7, 11) is 0. The van der Waals surface area contributed by atoms with Gasteiger partial charge in [-0.15, -0.1) is 0 Å². The third-order valence-electron chi connectivity index (χ3n) is 11.5. The molecule has 0 saturated carbocycles. The Kier molecular flexibility index (Phi) is 34.7. The molecule has 99 heavy (non-hydrogen) atoms. The number of benzene rings is 5. The number of alkyl halides is 15. The van der Waals surface area contributed by atoms with Gasteiger partial charge in [-0.1, -0.05) is 85.7 Å². The number of aromatic nitrogens is 3. The number of hydrogen-bond donors (Lipinski definition) is 6. The van der Waals surface area contributed by atoms with Gasteiger partial charge in [0.1, 0.15) is 29.0 Å². The normalized spacial score (nSPS) is 10.9. The molecular weight excluding hydrogens is 1690 g/mol. The van der Waals surface area contributed by atoms with Gasteiger partial charge in [0.15, 0.2) is 5.78 Å². The number of nitrogens with zero attached hydrogens (tertiary/aromatic N) is 3. The molecule has 3 aromatic heterocycles. The van der Waals surface area contributed by atoms with Gasteiger partial charge in [-0.25, -0.2) is 19.7 Å². The van der Waals surface area contributed by atoms with Crippen molar-refractivity contribution in [2.45, 2.75) is 51.1 Å². The van der Waals surface area contributed by atoms with E-state index in [0.717, 1.165) is 91.4 Å². The van der Waals surface area contributed by atoms with Crippen LogP contribution in [-0.2, 0) is 46.8 Å². The number of nitrogens with one attached hydrogen (secondary N) is 3. The number of carboxylic acids is 1. The molecule has 8 rings (SSSR count). The summed E-state index contributed by atoms with van der Waals surface area (Å²) >= 11 is 15.0. The maximum atomic E-state index is 13.2. The summed E-state index contributed by atoms with van der Waals surface area (Å²) in [5, 5.41) is 33.4. The van der Waals surface area contributed by atoms with Crippen LogP contribution in [0, 0.1) is 0 Å². The second kappa shape index (κ2) is 38.6. The predicted molar refractivity (Wildman–Crippen MR) is 338 cm³/mol. The Labute approximate surface area is 602 Å². The zero-order valence-corrected chi connectivity index (χ0v) is 57.7. The van der Waals surface area contributed by atoms with Crippen LogP contribution in [0.15, 0.2) is 168 Å². The summed E-state index contributed by atoms with van der Waals surface area (Å²) in [6.45, 7) is 3.65. The van der Waals surface area contributed by atoms with Crippen molar-refractivity contribution >= 4 is 133 Å². The summed E-state index contributed by atoms with van der Waals surface area (Å²) in [5.41, 5.74) is -8.14. The fourth-order valence-electron chi connectivity index (χ4n) is 7.35. The first kappa shape index (κ1) is 89.0. The van der Waals surface area contributed by atoms with Crippen molar-refractivity contribution in [3.8, 4) is 11.5 Å². The molecule has 9 N–H and O–H groups in total. The molecule has 0 bridgehead atoms. The number of anilines is 3. The molecule has 526 valence electrons. The van der Waals surface area contributed by atoms with Crippen LogP contribution in [0.1, 0.15) is 99.0 Å². The number of amides is 3. The number of pyridine rings is 3. The quantitative estimate of drug-likeness (QED) is 0.0304.